The van der Waals surface area contributed by atoms with Gasteiger partial charge in [0.2, 0.25) is 0 Å². The van der Waals surface area contributed by atoms with Crippen LogP contribution in [0.25, 0.3) is 0 Å². The summed E-state index contributed by atoms with van der Waals surface area (Å²) >= 11 is 5.95. The van der Waals surface area contributed by atoms with E-state index in [4.69, 9.17) is 21.1 Å². The Hall–Kier alpha value is -2.52. The summed E-state index contributed by atoms with van der Waals surface area (Å²) in [6, 6.07) is 18.9. The van der Waals surface area contributed by atoms with E-state index in [1.54, 1.807) is 24.3 Å². The molecular weight excluding hydrogens is 575 g/mol. The normalized spacial score (nSPS) is 17.5. The van der Waals surface area contributed by atoms with Crippen LogP contribution in [-0.2, 0) is 17.6 Å². The van der Waals surface area contributed by atoms with Crippen molar-refractivity contribution in [3.63, 3.8) is 0 Å². The number of aliphatic hydroxyl groups is 1. The molecule has 7 nitrogen and oxygen atoms in total. The first kappa shape index (κ1) is 32.0. The van der Waals surface area contributed by atoms with Gasteiger partial charge in [0.15, 0.2) is 0 Å². The molecule has 3 aromatic rings. The number of fused-ring (bicyclic) bond motifs is 1. The Morgan fingerprint density at radius 2 is 1.70 bits per heavy atom. The number of hydrogen-bond donors (Lipinski definition) is 4. The maximum Gasteiger partial charge on any atom is 0.335 e. The van der Waals surface area contributed by atoms with Gasteiger partial charge in [0.25, 0.3) is 0 Å². The van der Waals surface area contributed by atoms with Crippen molar-refractivity contribution in [2.75, 3.05) is 25.1 Å². The molecular formula is C30H35Cl3N2O5. The number of carboxylic acid groups (broad SMARTS) is 1. The fourth-order valence-corrected chi connectivity index (χ4v) is 5.26. The summed E-state index contributed by atoms with van der Waals surface area (Å²) in [6.07, 6.45) is 3.91. The molecule has 0 radical (unpaired) electrons. The van der Waals surface area contributed by atoms with Crippen LogP contribution in [0.15, 0.2) is 60.7 Å². The molecule has 0 spiro atoms. The zero-order valence-electron chi connectivity index (χ0n) is 22.0. The highest BCUT2D eigenvalue weighted by molar-refractivity contribution is 6.30. The highest BCUT2D eigenvalue weighted by Gasteiger charge is 2.21. The second kappa shape index (κ2) is 14.9. The molecule has 0 unspecified atom stereocenters. The monoisotopic (exact) mass is 608 g/mol. The molecule has 4 N–H and O–H groups in total. The van der Waals surface area contributed by atoms with Gasteiger partial charge in [-0.25, -0.2) is 4.79 Å². The summed E-state index contributed by atoms with van der Waals surface area (Å²) in [7, 11) is 0. The first-order chi connectivity index (χ1) is 18.4. The van der Waals surface area contributed by atoms with E-state index in [-0.39, 0.29) is 42.5 Å². The van der Waals surface area contributed by atoms with E-state index in [1.165, 1.54) is 11.1 Å². The lowest BCUT2D eigenvalue weighted by Crippen LogP contribution is -2.37. The number of anilines is 1. The van der Waals surface area contributed by atoms with Gasteiger partial charge < -0.3 is 30.3 Å². The van der Waals surface area contributed by atoms with Crippen molar-refractivity contribution in [1.82, 2.24) is 5.32 Å². The minimum absolute atomic E-state index is 0. The Bertz CT molecular complexity index is 1270. The van der Waals surface area contributed by atoms with Crippen LogP contribution in [0.5, 0.6) is 11.5 Å². The van der Waals surface area contributed by atoms with Crippen LogP contribution in [0, 0.1) is 0 Å². The average molecular weight is 610 g/mol. The quantitative estimate of drug-likeness (QED) is 0.221. The van der Waals surface area contributed by atoms with Crippen molar-refractivity contribution in [3.05, 3.63) is 87.9 Å². The van der Waals surface area contributed by atoms with Crippen molar-refractivity contribution >= 4 is 48.1 Å². The molecule has 1 fully saturated rings. The topological polar surface area (TPSA) is 100 Å². The van der Waals surface area contributed by atoms with Crippen LogP contribution in [0.1, 0.15) is 52.4 Å². The Morgan fingerprint density at radius 3 is 2.42 bits per heavy atom. The first-order valence-electron chi connectivity index (χ1n) is 13.1. The fourth-order valence-electron chi connectivity index (χ4n) is 5.13. The van der Waals surface area contributed by atoms with Crippen LogP contribution in [0.3, 0.4) is 0 Å². The van der Waals surface area contributed by atoms with E-state index in [0.29, 0.717) is 36.3 Å². The SMILES string of the molecule is Cl.Cl.O=C(O)c1cc(NC2CCOCC2)cc(Oc2ccc3c(c2)C[C@@H](NC[C@H](O)c2ccc(Cl)cc2)CC3)c1. The van der Waals surface area contributed by atoms with Crippen molar-refractivity contribution in [3.8, 4) is 11.5 Å². The van der Waals surface area contributed by atoms with E-state index in [2.05, 4.69) is 16.7 Å². The lowest BCUT2D eigenvalue weighted by atomic mass is 9.88. The molecule has 10 heteroatoms. The zero-order valence-corrected chi connectivity index (χ0v) is 24.4. The van der Waals surface area contributed by atoms with E-state index >= 15 is 0 Å². The van der Waals surface area contributed by atoms with Gasteiger partial charge in [0.05, 0.1) is 11.7 Å². The van der Waals surface area contributed by atoms with Gasteiger partial charge in [0.1, 0.15) is 11.5 Å². The van der Waals surface area contributed by atoms with E-state index in [9.17, 15) is 15.0 Å². The highest BCUT2D eigenvalue weighted by atomic mass is 35.5. The number of benzene rings is 3. The van der Waals surface area contributed by atoms with E-state index in [0.717, 1.165) is 43.4 Å². The van der Waals surface area contributed by atoms with Crippen LogP contribution < -0.4 is 15.4 Å². The Balaban J connectivity index is 0.00000220. The fraction of sp³-hybridized carbons (Fsp3) is 0.367. The Kier molecular flexibility index (Phi) is 11.9. The number of rotatable bonds is 9. The van der Waals surface area contributed by atoms with Crippen molar-refractivity contribution in [2.24, 2.45) is 0 Å². The van der Waals surface area contributed by atoms with E-state index in [1.807, 2.05) is 30.3 Å². The largest absolute Gasteiger partial charge is 0.478 e. The predicted molar refractivity (Wildman–Crippen MR) is 162 cm³/mol. The molecule has 1 heterocycles. The average Bonchev–Trinajstić information content (AvgIpc) is 2.92. The van der Waals surface area contributed by atoms with Crippen LogP contribution in [-0.4, -0.2) is 48.0 Å². The number of aromatic carboxylic acids is 1. The molecule has 2 aliphatic rings. The third kappa shape index (κ3) is 8.49. The Labute approximate surface area is 252 Å². The van der Waals surface area contributed by atoms with Crippen molar-refractivity contribution in [1.29, 1.82) is 0 Å². The zero-order chi connectivity index (χ0) is 26.5. The molecule has 0 bridgehead atoms. The molecule has 2 atom stereocenters. The summed E-state index contributed by atoms with van der Waals surface area (Å²) in [5.41, 5.74) is 4.23. The number of carbonyl (C=O) groups is 1. The molecule has 3 aromatic carbocycles. The van der Waals surface area contributed by atoms with Gasteiger partial charge >= 0.3 is 5.97 Å². The summed E-state index contributed by atoms with van der Waals surface area (Å²) in [4.78, 5) is 11.8. The van der Waals surface area contributed by atoms with Crippen molar-refractivity contribution < 1.29 is 24.5 Å². The summed E-state index contributed by atoms with van der Waals surface area (Å²) < 4.78 is 11.6. The van der Waals surface area contributed by atoms with Gasteiger partial charge in [0, 0.05) is 48.6 Å². The second-order valence-corrected chi connectivity index (χ2v) is 10.5. The molecule has 0 amide bonds. The number of aliphatic hydroxyl groups excluding tert-OH is 1. The van der Waals surface area contributed by atoms with Crippen LogP contribution in [0.2, 0.25) is 5.02 Å². The summed E-state index contributed by atoms with van der Waals surface area (Å²) in [5, 5.41) is 27.8. The maximum atomic E-state index is 11.8. The van der Waals surface area contributed by atoms with Gasteiger partial charge in [-0.2, -0.15) is 0 Å². The van der Waals surface area contributed by atoms with Crippen LogP contribution >= 0.6 is 36.4 Å². The molecule has 0 saturated carbocycles. The molecule has 0 aromatic heterocycles. The molecule has 40 heavy (non-hydrogen) atoms. The van der Waals surface area contributed by atoms with Gasteiger partial charge in [-0.05, 0) is 85.2 Å². The molecule has 1 aliphatic carbocycles. The van der Waals surface area contributed by atoms with Gasteiger partial charge in [-0.3, -0.25) is 0 Å². The molecule has 1 saturated heterocycles. The number of ether oxygens (including phenoxy) is 2. The second-order valence-electron chi connectivity index (χ2n) is 10.0. The first-order valence-corrected chi connectivity index (χ1v) is 13.5. The minimum Gasteiger partial charge on any atom is -0.478 e. The van der Waals surface area contributed by atoms with Gasteiger partial charge in [-0.15, -0.1) is 24.8 Å². The van der Waals surface area contributed by atoms with Gasteiger partial charge in [-0.1, -0.05) is 29.8 Å². The highest BCUT2D eigenvalue weighted by Crippen LogP contribution is 2.31. The smallest absolute Gasteiger partial charge is 0.335 e. The predicted octanol–water partition coefficient (Wildman–Crippen LogP) is 6.45. The third-order valence-corrected chi connectivity index (χ3v) is 7.49. The third-order valence-electron chi connectivity index (χ3n) is 7.24. The number of hydrogen-bond acceptors (Lipinski definition) is 6. The van der Waals surface area contributed by atoms with E-state index < -0.39 is 12.1 Å². The minimum atomic E-state index is -0.995. The molecule has 5 rings (SSSR count). The molecule has 1 aliphatic heterocycles. The number of aryl methyl sites for hydroxylation is 1. The lowest BCUT2D eigenvalue weighted by molar-refractivity contribution is 0.0696. The maximum absolute atomic E-state index is 11.8. The number of nitrogens with one attached hydrogen (secondary N) is 2. The number of carboxylic acids is 1. The standard InChI is InChI=1S/C30H33ClN2O5.2ClH/c31-23-5-1-20(2-6-23)29(34)18-32-25-7-3-19-4-8-27(15-21(19)13-25)38-28-16-22(30(35)36)14-26(17-28)33-24-9-11-37-12-10-24;;/h1-2,4-6,8,14-17,24-25,29,32-34H,3,7,9-13,18H2,(H,35,36);2*1H/t25-,29-;;/m0../s1. The summed E-state index contributed by atoms with van der Waals surface area (Å²) in [5.74, 6) is 0.159. The molecule has 216 valence electrons. The Morgan fingerprint density at radius 1 is 0.950 bits per heavy atom. The lowest BCUT2D eigenvalue weighted by Gasteiger charge is -2.27. The summed E-state index contributed by atoms with van der Waals surface area (Å²) in [6.45, 7) is 1.86. The van der Waals surface area contributed by atoms with Crippen molar-refractivity contribution in [2.45, 2.75) is 50.3 Å². The van der Waals surface area contributed by atoms with Crippen LogP contribution in [0.4, 0.5) is 5.69 Å². The number of halogens is 3.